The SMILES string of the molecule is C[C@@H](O)[C@H]1C(=O)N2C(C(=O)O)=C(CN(C)CCCC(=O)c3cccc(O)c3F)[C@H](C)[C@H]12. The third-order valence-electron chi connectivity index (χ3n) is 6.18. The van der Waals surface area contributed by atoms with Gasteiger partial charge >= 0.3 is 5.97 Å². The third kappa shape index (κ3) is 4.07. The molecule has 0 bridgehead atoms. The predicted molar refractivity (Wildman–Crippen MR) is 109 cm³/mol. The highest BCUT2D eigenvalue weighted by Crippen LogP contribution is 2.47. The zero-order valence-electron chi connectivity index (χ0n) is 17.7. The molecule has 0 unspecified atom stereocenters. The summed E-state index contributed by atoms with van der Waals surface area (Å²) >= 11 is 0. The van der Waals surface area contributed by atoms with Gasteiger partial charge in [-0.1, -0.05) is 13.0 Å². The second kappa shape index (κ2) is 8.76. The Balaban J connectivity index is 1.63. The van der Waals surface area contributed by atoms with Gasteiger partial charge in [0.2, 0.25) is 5.91 Å². The minimum absolute atomic E-state index is 0.0239. The van der Waals surface area contributed by atoms with Crippen molar-refractivity contribution >= 4 is 17.7 Å². The number of Topliss-reactive ketones (excluding diaryl/α,β-unsaturated/α-hetero) is 1. The predicted octanol–water partition coefficient (Wildman–Crippen LogP) is 1.62. The van der Waals surface area contributed by atoms with Crippen molar-refractivity contribution in [3.63, 3.8) is 0 Å². The van der Waals surface area contributed by atoms with E-state index in [1.807, 2.05) is 11.8 Å². The molecule has 2 heterocycles. The minimum Gasteiger partial charge on any atom is -0.505 e. The van der Waals surface area contributed by atoms with Crippen LogP contribution < -0.4 is 0 Å². The van der Waals surface area contributed by atoms with Gasteiger partial charge in [-0.15, -0.1) is 0 Å². The van der Waals surface area contributed by atoms with E-state index in [1.54, 1.807) is 7.05 Å². The van der Waals surface area contributed by atoms with Gasteiger partial charge < -0.3 is 25.1 Å². The Hall–Kier alpha value is -2.78. The lowest BCUT2D eigenvalue weighted by Crippen LogP contribution is -2.63. The number of carboxylic acid groups (broad SMARTS) is 1. The van der Waals surface area contributed by atoms with Crippen LogP contribution in [0.15, 0.2) is 29.5 Å². The Kier molecular flexibility index (Phi) is 6.47. The summed E-state index contributed by atoms with van der Waals surface area (Å²) in [5, 5.41) is 29.0. The fourth-order valence-electron chi connectivity index (χ4n) is 4.60. The summed E-state index contributed by atoms with van der Waals surface area (Å²) in [5.74, 6) is -4.29. The zero-order valence-corrected chi connectivity index (χ0v) is 17.7. The van der Waals surface area contributed by atoms with Gasteiger partial charge in [-0.05, 0) is 44.6 Å². The number of aromatic hydroxyl groups is 1. The van der Waals surface area contributed by atoms with Crippen LogP contribution in [-0.2, 0) is 9.59 Å². The summed E-state index contributed by atoms with van der Waals surface area (Å²) in [5.41, 5.74) is 0.431. The Labute approximate surface area is 179 Å². The molecule has 0 radical (unpaired) electrons. The van der Waals surface area contributed by atoms with Gasteiger partial charge in [0.1, 0.15) is 5.70 Å². The molecular formula is C22H27FN2O6. The van der Waals surface area contributed by atoms with Crippen LogP contribution in [0.3, 0.4) is 0 Å². The maximum atomic E-state index is 13.9. The first-order chi connectivity index (χ1) is 14.6. The van der Waals surface area contributed by atoms with Crippen molar-refractivity contribution < 1.29 is 34.1 Å². The second-order valence-corrected chi connectivity index (χ2v) is 8.34. The van der Waals surface area contributed by atoms with Crippen molar-refractivity contribution in [1.82, 2.24) is 9.80 Å². The van der Waals surface area contributed by atoms with E-state index in [1.165, 1.54) is 30.0 Å². The lowest BCUT2D eigenvalue weighted by molar-refractivity contribution is -0.163. The summed E-state index contributed by atoms with van der Waals surface area (Å²) in [6.45, 7) is 4.13. The number of rotatable bonds is 9. The summed E-state index contributed by atoms with van der Waals surface area (Å²) in [6.07, 6.45) is -0.369. The maximum Gasteiger partial charge on any atom is 0.352 e. The molecule has 3 rings (SSSR count). The Morgan fingerprint density at radius 3 is 2.61 bits per heavy atom. The lowest BCUT2D eigenvalue weighted by Gasteiger charge is -2.46. The molecule has 0 aromatic heterocycles. The smallest absolute Gasteiger partial charge is 0.352 e. The first-order valence-corrected chi connectivity index (χ1v) is 10.2. The van der Waals surface area contributed by atoms with E-state index in [2.05, 4.69) is 0 Å². The highest BCUT2D eigenvalue weighted by atomic mass is 19.1. The van der Waals surface area contributed by atoms with Gasteiger partial charge in [-0.2, -0.15) is 0 Å². The van der Waals surface area contributed by atoms with Crippen LogP contribution in [0.25, 0.3) is 0 Å². The van der Waals surface area contributed by atoms with Crippen LogP contribution in [-0.4, -0.2) is 75.1 Å². The molecule has 1 fully saturated rings. The summed E-state index contributed by atoms with van der Waals surface area (Å²) in [6, 6.07) is 3.54. The normalized spacial score (nSPS) is 23.7. The van der Waals surface area contributed by atoms with Crippen molar-refractivity contribution in [3.8, 4) is 5.75 Å². The van der Waals surface area contributed by atoms with E-state index in [0.717, 1.165) is 0 Å². The molecule has 9 heteroatoms. The van der Waals surface area contributed by atoms with Crippen LogP contribution in [0.1, 0.15) is 37.0 Å². The molecule has 4 atom stereocenters. The molecule has 0 aliphatic carbocycles. The molecule has 8 nitrogen and oxygen atoms in total. The quantitative estimate of drug-likeness (QED) is 0.399. The van der Waals surface area contributed by atoms with E-state index in [0.29, 0.717) is 25.1 Å². The van der Waals surface area contributed by atoms with Crippen molar-refractivity contribution in [2.75, 3.05) is 20.1 Å². The average Bonchev–Trinajstić information content (AvgIpc) is 2.92. The third-order valence-corrected chi connectivity index (χ3v) is 6.18. The van der Waals surface area contributed by atoms with E-state index in [-0.39, 0.29) is 35.5 Å². The van der Waals surface area contributed by atoms with E-state index in [4.69, 9.17) is 0 Å². The molecular weight excluding hydrogens is 407 g/mol. The summed E-state index contributed by atoms with van der Waals surface area (Å²) < 4.78 is 13.9. The Morgan fingerprint density at radius 1 is 1.32 bits per heavy atom. The minimum atomic E-state index is -1.18. The van der Waals surface area contributed by atoms with Gasteiger partial charge in [0.15, 0.2) is 17.3 Å². The van der Waals surface area contributed by atoms with Gasteiger partial charge in [0, 0.05) is 18.9 Å². The van der Waals surface area contributed by atoms with Gasteiger partial charge in [-0.3, -0.25) is 9.59 Å². The number of aliphatic carboxylic acids is 1. The first-order valence-electron chi connectivity index (χ1n) is 10.2. The van der Waals surface area contributed by atoms with Gasteiger partial charge in [0.05, 0.1) is 23.6 Å². The van der Waals surface area contributed by atoms with Crippen molar-refractivity contribution in [3.05, 3.63) is 40.8 Å². The number of amides is 1. The van der Waals surface area contributed by atoms with Crippen LogP contribution in [0.2, 0.25) is 0 Å². The Morgan fingerprint density at radius 2 is 2.00 bits per heavy atom. The number of fused-ring (bicyclic) bond motifs is 1. The fourth-order valence-corrected chi connectivity index (χ4v) is 4.60. The number of aliphatic hydroxyl groups excluding tert-OH is 1. The molecule has 2 aliphatic heterocycles. The molecule has 1 saturated heterocycles. The molecule has 2 aliphatic rings. The summed E-state index contributed by atoms with van der Waals surface area (Å²) in [4.78, 5) is 39.6. The number of carboxylic acids is 1. The number of hydrogen-bond acceptors (Lipinski definition) is 6. The molecule has 0 saturated carbocycles. The van der Waals surface area contributed by atoms with Gasteiger partial charge in [-0.25, -0.2) is 9.18 Å². The number of phenolic OH excluding ortho intramolecular Hbond substituents is 1. The lowest BCUT2D eigenvalue weighted by atomic mass is 9.77. The van der Waals surface area contributed by atoms with Gasteiger partial charge in [0.25, 0.3) is 0 Å². The number of likely N-dealkylation sites (N-methyl/N-ethyl adjacent to an activating group) is 1. The zero-order chi connectivity index (χ0) is 23.0. The topological polar surface area (TPSA) is 118 Å². The number of carbonyl (C=O) groups excluding carboxylic acids is 2. The van der Waals surface area contributed by atoms with Crippen LogP contribution in [0, 0.1) is 17.7 Å². The van der Waals surface area contributed by atoms with Crippen molar-refractivity contribution in [2.24, 2.45) is 11.8 Å². The fraction of sp³-hybridized carbons (Fsp3) is 0.500. The molecule has 3 N–H and O–H groups in total. The van der Waals surface area contributed by atoms with Crippen LogP contribution in [0.5, 0.6) is 5.75 Å². The number of ketones is 1. The number of benzene rings is 1. The average molecular weight is 434 g/mol. The number of β-lactam (4-membered cyclic amide) rings is 1. The summed E-state index contributed by atoms with van der Waals surface area (Å²) in [7, 11) is 1.78. The molecule has 1 aromatic rings. The van der Waals surface area contributed by atoms with E-state index < -0.39 is 35.3 Å². The number of nitrogens with zero attached hydrogens (tertiary/aromatic N) is 2. The molecule has 0 spiro atoms. The van der Waals surface area contributed by atoms with Crippen molar-refractivity contribution in [1.29, 1.82) is 0 Å². The number of carbonyl (C=O) groups is 3. The first kappa shape index (κ1) is 22.9. The van der Waals surface area contributed by atoms with Crippen LogP contribution >= 0.6 is 0 Å². The highest BCUT2D eigenvalue weighted by Gasteiger charge is 2.59. The molecule has 168 valence electrons. The van der Waals surface area contributed by atoms with E-state index >= 15 is 0 Å². The number of halogens is 1. The number of aliphatic hydroxyl groups is 1. The molecule has 1 aromatic carbocycles. The Bertz CT molecular complexity index is 944. The standard InChI is InChI=1S/C22H27FN2O6/c1-11-14(20(22(30)31)25-19(11)17(12(2)26)21(25)29)10-24(3)9-5-8-15(27)13-6-4-7-16(28)18(13)23/h4,6-7,11-12,17,19,26,28H,5,8-10H2,1-3H3,(H,30,31)/t11-,12+,17+,19+/m0/s1. The second-order valence-electron chi connectivity index (χ2n) is 8.34. The molecule has 31 heavy (non-hydrogen) atoms. The number of phenols is 1. The largest absolute Gasteiger partial charge is 0.505 e. The maximum absolute atomic E-state index is 13.9. The van der Waals surface area contributed by atoms with Crippen molar-refractivity contribution in [2.45, 2.75) is 38.8 Å². The monoisotopic (exact) mass is 434 g/mol. The number of hydrogen-bond donors (Lipinski definition) is 3. The van der Waals surface area contributed by atoms with E-state index in [9.17, 15) is 34.1 Å². The van der Waals surface area contributed by atoms with Crippen LogP contribution in [0.4, 0.5) is 4.39 Å². The molecule has 1 amide bonds. The highest BCUT2D eigenvalue weighted by molar-refractivity contribution is 6.00.